The number of nitrogens with zero attached hydrogens (tertiary/aromatic N) is 4. The normalized spacial score (nSPS) is 25.3. The number of benzene rings is 1. The van der Waals surface area contributed by atoms with E-state index < -0.39 is 63.6 Å². The second-order valence-corrected chi connectivity index (χ2v) is 18.5. The predicted octanol–water partition coefficient (Wildman–Crippen LogP) is 1.86. The molecule has 0 saturated carbocycles. The first-order valence-electron chi connectivity index (χ1n) is 18.5. The molecule has 2 unspecified atom stereocenters. The summed E-state index contributed by atoms with van der Waals surface area (Å²) < 4.78 is 5.86. The minimum atomic E-state index is -1.79. The van der Waals surface area contributed by atoms with Crippen LogP contribution in [0.1, 0.15) is 56.1 Å². The number of pyridine rings is 1. The number of fused-ring (bicyclic) bond motifs is 5. The van der Waals surface area contributed by atoms with E-state index in [1.807, 2.05) is 6.92 Å². The number of aromatic amines is 1. The zero-order chi connectivity index (χ0) is 42.8. The first-order valence-corrected chi connectivity index (χ1v) is 20.7. The number of nitrogens with two attached hydrogens (primary N) is 1. The average Bonchev–Trinajstić information content (AvgIpc) is 3.64. The maximum atomic E-state index is 13.8. The number of anilines is 1. The van der Waals surface area contributed by atoms with E-state index >= 15 is 0 Å². The fourth-order valence-corrected chi connectivity index (χ4v) is 10.3. The van der Waals surface area contributed by atoms with E-state index in [-0.39, 0.29) is 54.4 Å². The highest BCUT2D eigenvalue weighted by Crippen LogP contribution is 2.48. The monoisotopic (exact) mass is 873 g/mol. The zero-order valence-electron chi connectivity index (χ0n) is 32.3. The van der Waals surface area contributed by atoms with Crippen molar-refractivity contribution in [3.05, 3.63) is 55.4 Å². The van der Waals surface area contributed by atoms with Gasteiger partial charge in [-0.05, 0) is 20.8 Å². The van der Waals surface area contributed by atoms with Crippen molar-refractivity contribution in [2.75, 3.05) is 45.6 Å². The van der Waals surface area contributed by atoms with Gasteiger partial charge < -0.3 is 50.7 Å². The van der Waals surface area contributed by atoms with Gasteiger partial charge in [0.2, 0.25) is 11.0 Å². The Morgan fingerprint density at radius 1 is 1.19 bits per heavy atom. The van der Waals surface area contributed by atoms with E-state index in [0.29, 0.717) is 17.6 Å². The highest BCUT2D eigenvalue weighted by Gasteiger charge is 2.58. The number of nitrogens with one attached hydrogen (secondary N) is 3. The molecule has 0 spiro atoms. The molecule has 314 valence electrons. The predicted molar refractivity (Wildman–Crippen MR) is 216 cm³/mol. The highest BCUT2D eigenvalue weighted by atomic mass is 35.5. The summed E-state index contributed by atoms with van der Waals surface area (Å²) in [6.07, 6.45) is 3.51. The molecule has 8 rings (SSSR count). The number of methoxy groups -OCH3 is 1. The molecule has 8 N–H and O–H groups in total. The van der Waals surface area contributed by atoms with E-state index in [0.717, 1.165) is 61.9 Å². The van der Waals surface area contributed by atoms with Crippen molar-refractivity contribution in [3.8, 4) is 11.5 Å². The molecule has 0 radical (unpaired) electrons. The Balaban J connectivity index is 1.04. The van der Waals surface area contributed by atoms with Gasteiger partial charge in [0.05, 0.1) is 42.7 Å². The number of carbonyl (C=O) groups excluding carboxylic acids is 4. The quantitative estimate of drug-likeness (QED) is 0.0342. The third-order valence-electron chi connectivity index (χ3n) is 11.7. The summed E-state index contributed by atoms with van der Waals surface area (Å²) >= 11 is 8.58. The van der Waals surface area contributed by atoms with Crippen LogP contribution in [-0.2, 0) is 28.8 Å². The summed E-state index contributed by atoms with van der Waals surface area (Å²) in [6, 6.07) is 0.0848. The molecule has 0 aliphatic carbocycles. The smallest absolute Gasteiger partial charge is 0.355 e. The lowest BCUT2D eigenvalue weighted by Crippen LogP contribution is -2.72. The van der Waals surface area contributed by atoms with Gasteiger partial charge in [-0.3, -0.25) is 24.1 Å². The number of ether oxygens (including phenoxy) is 1. The van der Waals surface area contributed by atoms with Crippen LogP contribution in [0.5, 0.6) is 11.5 Å². The third-order valence-corrected chi connectivity index (χ3v) is 14.2. The fourth-order valence-electron chi connectivity index (χ4n) is 7.99. The van der Waals surface area contributed by atoms with Crippen LogP contribution in [0.2, 0.25) is 5.02 Å². The van der Waals surface area contributed by atoms with E-state index in [1.54, 1.807) is 0 Å². The standard InChI is InChI=1S/C37H41ClN8O11S2/c1-16-18(13-46-8-5-37(6-9-46,7-10-46)15-41-29(50)17-12-40-19-11-21(47)28(49)23(38)22(19)27(17)48)26(33(53)56-4)45-31(52)25(32(45)59-16)43-30(51)24(20-14-58-35(39)42-20)44-57-36(2,3)34(54)55/h11-12,14,16,25,32H,5-10,13,15H2,1-4H3,(H7-,39,40,41,42,43,44,47,48,49,50,51,54,55)/p+1/t16?,25-,32?,37?,46?/m1/s1. The van der Waals surface area contributed by atoms with Gasteiger partial charge >= 0.3 is 11.9 Å². The zero-order valence-corrected chi connectivity index (χ0v) is 34.7. The Hall–Kier alpha value is -5.38. The lowest BCUT2D eigenvalue weighted by Gasteiger charge is -2.56. The number of piperidine rings is 3. The molecule has 4 saturated heterocycles. The Morgan fingerprint density at radius 3 is 2.47 bits per heavy atom. The molecular weight excluding hydrogens is 832 g/mol. The number of rotatable bonds is 12. The minimum absolute atomic E-state index is 0.0234. The second-order valence-electron chi connectivity index (χ2n) is 15.7. The lowest BCUT2D eigenvalue weighted by molar-refractivity contribution is -0.941. The number of esters is 1. The van der Waals surface area contributed by atoms with Gasteiger partial charge in [0, 0.05) is 59.7 Å². The SMILES string of the molecule is COC(=O)C1=C(C[N+]23CCC(CNC(=O)c4c[nH]c5cc(O)c(O)c(Cl)c5c4=O)(CC2)CC3)C(C)SC2[C@H](NC(=O)/C(=N\OC(C)(C)C(=O)O)c3csc(N)n3)C(=O)N12. The first kappa shape index (κ1) is 41.8. The highest BCUT2D eigenvalue weighted by molar-refractivity contribution is 8.00. The molecular formula is C37H42ClN8O11S2+. The summed E-state index contributed by atoms with van der Waals surface area (Å²) in [5.41, 5.74) is 3.59. The van der Waals surface area contributed by atoms with Gasteiger partial charge in [0.1, 0.15) is 34.9 Å². The number of aromatic hydroxyl groups is 2. The van der Waals surface area contributed by atoms with Crippen molar-refractivity contribution < 1.29 is 53.3 Å². The number of carbonyl (C=O) groups is 5. The van der Waals surface area contributed by atoms with Gasteiger partial charge in [0.25, 0.3) is 17.7 Å². The summed E-state index contributed by atoms with van der Waals surface area (Å²) in [5.74, 6) is -5.16. The van der Waals surface area contributed by atoms with Crippen LogP contribution in [0.4, 0.5) is 5.13 Å². The summed E-state index contributed by atoms with van der Waals surface area (Å²) in [7, 11) is 1.24. The number of thiazole rings is 1. The number of phenolic OH excluding ortho intramolecular Hbond substituents is 2. The molecule has 5 aliphatic heterocycles. The van der Waals surface area contributed by atoms with Crippen molar-refractivity contribution in [3.63, 3.8) is 0 Å². The first-order chi connectivity index (χ1) is 27.8. The number of amides is 3. The average molecular weight is 874 g/mol. The van der Waals surface area contributed by atoms with Gasteiger partial charge in [0.15, 0.2) is 22.3 Å². The van der Waals surface area contributed by atoms with Crippen molar-refractivity contribution >= 4 is 86.1 Å². The summed E-state index contributed by atoms with van der Waals surface area (Å²) in [6.45, 7) is 7.45. The molecule has 3 amide bonds. The molecule has 3 atom stereocenters. The summed E-state index contributed by atoms with van der Waals surface area (Å²) in [4.78, 5) is 92.5. The number of hydrogen-bond acceptors (Lipinski definition) is 15. The number of nitrogen functional groups attached to an aromatic ring is 1. The number of phenols is 2. The van der Waals surface area contributed by atoms with Gasteiger partial charge in [-0.15, -0.1) is 23.1 Å². The molecule has 22 heteroatoms. The number of carboxylic acid groups (broad SMARTS) is 1. The van der Waals surface area contributed by atoms with Crippen LogP contribution in [0.15, 0.2) is 38.9 Å². The molecule has 5 aliphatic rings. The van der Waals surface area contributed by atoms with Crippen molar-refractivity contribution in [1.82, 2.24) is 25.5 Å². The second kappa shape index (κ2) is 15.3. The van der Waals surface area contributed by atoms with Gasteiger partial charge in [-0.2, -0.15) is 0 Å². The van der Waals surface area contributed by atoms with Gasteiger partial charge in [-0.25, -0.2) is 14.6 Å². The van der Waals surface area contributed by atoms with Crippen molar-refractivity contribution in [2.24, 2.45) is 10.6 Å². The van der Waals surface area contributed by atoms with Crippen molar-refractivity contribution in [1.29, 1.82) is 0 Å². The van der Waals surface area contributed by atoms with E-state index in [2.05, 4.69) is 25.8 Å². The molecule has 4 fully saturated rings. The molecule has 59 heavy (non-hydrogen) atoms. The Bertz CT molecular complexity index is 2410. The maximum absolute atomic E-state index is 13.8. The number of halogens is 1. The molecule has 19 nitrogen and oxygen atoms in total. The largest absolute Gasteiger partial charge is 0.504 e. The van der Waals surface area contributed by atoms with Crippen molar-refractivity contribution in [2.45, 2.75) is 62.3 Å². The van der Waals surface area contributed by atoms with Gasteiger partial charge in [-0.1, -0.05) is 16.8 Å². The van der Waals surface area contributed by atoms with Crippen LogP contribution >= 0.6 is 34.7 Å². The molecule has 3 aromatic rings. The molecule has 7 heterocycles. The number of thioether (sulfide) groups is 1. The fraction of sp³-hybridized carbons (Fsp3) is 0.459. The molecule has 2 bridgehead atoms. The number of quaternary nitrogens is 1. The Kier molecular flexibility index (Phi) is 10.9. The van der Waals surface area contributed by atoms with Crippen LogP contribution in [0, 0.1) is 5.41 Å². The number of carboxylic acids is 1. The maximum Gasteiger partial charge on any atom is 0.355 e. The Labute approximate surface area is 349 Å². The van der Waals surface area contributed by atoms with E-state index in [1.165, 1.54) is 49.2 Å². The van der Waals surface area contributed by atoms with Crippen LogP contribution < -0.4 is 21.8 Å². The number of aliphatic carboxylic acids is 1. The number of H-pyrrole nitrogens is 1. The van der Waals surface area contributed by atoms with Crippen LogP contribution in [-0.4, -0.2) is 132 Å². The number of oxime groups is 1. The van der Waals surface area contributed by atoms with E-state index in [9.17, 15) is 44.1 Å². The lowest BCUT2D eigenvalue weighted by atomic mass is 9.70. The van der Waals surface area contributed by atoms with E-state index in [4.69, 9.17) is 26.9 Å². The molecule has 2 aromatic heterocycles. The minimum Gasteiger partial charge on any atom is -0.504 e. The topological polar surface area (TPSA) is 276 Å². The number of β-lactam (4-membered cyclic amide) rings is 1. The third kappa shape index (κ3) is 7.44. The Morgan fingerprint density at radius 2 is 1.86 bits per heavy atom. The van der Waals surface area contributed by atoms with Crippen LogP contribution in [0.25, 0.3) is 10.9 Å². The van der Waals surface area contributed by atoms with Crippen LogP contribution in [0.3, 0.4) is 0 Å². The number of hydrogen-bond donors (Lipinski definition) is 7. The molecule has 1 aromatic carbocycles. The number of aromatic nitrogens is 2. The summed E-state index contributed by atoms with van der Waals surface area (Å²) in [5, 5.41) is 39.0.